The second-order valence-corrected chi connectivity index (χ2v) is 5.83. The van der Waals surface area contributed by atoms with E-state index in [1.807, 2.05) is 0 Å². The van der Waals surface area contributed by atoms with Crippen LogP contribution in [0.25, 0.3) is 0 Å². The summed E-state index contributed by atoms with van der Waals surface area (Å²) in [7, 11) is 1.51. The van der Waals surface area contributed by atoms with E-state index in [0.717, 1.165) is 38.8 Å². The molecule has 118 valence electrons. The predicted octanol–water partition coefficient (Wildman–Crippen LogP) is 3.17. The molecule has 0 amide bonds. The van der Waals surface area contributed by atoms with E-state index in [0.29, 0.717) is 0 Å². The van der Waals surface area contributed by atoms with Crippen molar-refractivity contribution in [2.45, 2.75) is 70.6 Å². The number of carbonyl (C=O) groups excluding carboxylic acids is 1. The number of carbonyl (C=O) groups is 1. The first-order chi connectivity index (χ1) is 9.84. The molecule has 4 heteroatoms. The van der Waals surface area contributed by atoms with Crippen molar-refractivity contribution in [1.82, 2.24) is 10.9 Å². The number of hydrogen-bond acceptors (Lipinski definition) is 4. The lowest BCUT2D eigenvalue weighted by Gasteiger charge is -2.15. The number of nitrogens with one attached hydrogen (secondary N) is 2. The molecule has 1 fully saturated rings. The van der Waals surface area contributed by atoms with Crippen molar-refractivity contribution in [1.29, 1.82) is 0 Å². The fraction of sp³-hybridized carbons (Fsp3) is 0.938. The van der Waals surface area contributed by atoms with Gasteiger partial charge in [-0.3, -0.25) is 15.6 Å². The molecule has 0 aromatic rings. The van der Waals surface area contributed by atoms with Gasteiger partial charge in [0.05, 0.1) is 13.0 Å². The summed E-state index contributed by atoms with van der Waals surface area (Å²) in [4.78, 5) is 11.8. The molecule has 1 aliphatic rings. The number of rotatable bonds is 1. The number of ether oxygens (including phenoxy) is 1. The Morgan fingerprint density at radius 2 is 1.25 bits per heavy atom. The van der Waals surface area contributed by atoms with Gasteiger partial charge < -0.3 is 4.74 Å². The average molecular weight is 284 g/mol. The maximum absolute atomic E-state index is 11.8. The highest BCUT2D eigenvalue weighted by molar-refractivity contribution is 5.72. The van der Waals surface area contributed by atoms with Crippen LogP contribution in [0.4, 0.5) is 0 Å². The van der Waals surface area contributed by atoms with E-state index in [-0.39, 0.29) is 11.9 Å². The third kappa shape index (κ3) is 8.54. The molecule has 1 rings (SSSR count). The Hall–Kier alpha value is -0.610. The standard InChI is InChI=1S/C16H32N2O2/c1-20-16(19)15-11-7-5-3-2-4-6-9-13-17-18-14-10-8-12-15/h15,17-18H,2-14H2,1H3. The van der Waals surface area contributed by atoms with Gasteiger partial charge in [-0.25, -0.2) is 0 Å². The number of methoxy groups -OCH3 is 1. The van der Waals surface area contributed by atoms with E-state index in [1.54, 1.807) is 0 Å². The van der Waals surface area contributed by atoms with Crippen LogP contribution in [0.2, 0.25) is 0 Å². The molecule has 0 aromatic heterocycles. The molecule has 0 spiro atoms. The van der Waals surface area contributed by atoms with Gasteiger partial charge in [0.15, 0.2) is 0 Å². The minimum atomic E-state index is -0.0165. The van der Waals surface area contributed by atoms with Gasteiger partial charge in [-0.1, -0.05) is 44.9 Å². The molecule has 0 bridgehead atoms. The van der Waals surface area contributed by atoms with Crippen molar-refractivity contribution < 1.29 is 9.53 Å². The monoisotopic (exact) mass is 284 g/mol. The third-order valence-electron chi connectivity index (χ3n) is 4.12. The van der Waals surface area contributed by atoms with Crippen molar-refractivity contribution in [2.24, 2.45) is 5.92 Å². The van der Waals surface area contributed by atoms with Crippen LogP contribution in [0.3, 0.4) is 0 Å². The minimum Gasteiger partial charge on any atom is -0.469 e. The maximum atomic E-state index is 11.8. The summed E-state index contributed by atoms with van der Waals surface area (Å²) in [6.45, 7) is 2.04. The molecule has 1 saturated heterocycles. The van der Waals surface area contributed by atoms with Crippen LogP contribution >= 0.6 is 0 Å². The largest absolute Gasteiger partial charge is 0.469 e. The van der Waals surface area contributed by atoms with Crippen LogP contribution < -0.4 is 10.9 Å². The summed E-state index contributed by atoms with van der Waals surface area (Å²) in [6, 6.07) is 0. The second-order valence-electron chi connectivity index (χ2n) is 5.83. The summed E-state index contributed by atoms with van der Waals surface area (Å²) < 4.78 is 4.93. The lowest BCUT2D eigenvalue weighted by atomic mass is 9.95. The number of hydrazine groups is 1. The average Bonchev–Trinajstić information content (AvgIpc) is 2.46. The Kier molecular flexibility index (Phi) is 10.6. The van der Waals surface area contributed by atoms with Gasteiger partial charge in [0.2, 0.25) is 0 Å². The predicted molar refractivity (Wildman–Crippen MR) is 82.3 cm³/mol. The van der Waals surface area contributed by atoms with Crippen LogP contribution in [0.5, 0.6) is 0 Å². The van der Waals surface area contributed by atoms with Crippen LogP contribution in [-0.4, -0.2) is 26.2 Å². The molecule has 1 unspecified atom stereocenters. The molecule has 1 atom stereocenters. The molecule has 0 saturated carbocycles. The minimum absolute atomic E-state index is 0.0165. The normalized spacial score (nSPS) is 24.9. The van der Waals surface area contributed by atoms with Gasteiger partial charge in [0.25, 0.3) is 0 Å². The first-order valence-corrected chi connectivity index (χ1v) is 8.38. The number of esters is 1. The van der Waals surface area contributed by atoms with Gasteiger partial charge in [-0.05, 0) is 25.7 Å². The Balaban J connectivity index is 2.29. The topological polar surface area (TPSA) is 50.4 Å². The van der Waals surface area contributed by atoms with Gasteiger partial charge in [0, 0.05) is 13.1 Å². The molecule has 1 heterocycles. The molecule has 0 aliphatic carbocycles. The van der Waals surface area contributed by atoms with E-state index < -0.39 is 0 Å². The molecule has 0 radical (unpaired) electrons. The first-order valence-electron chi connectivity index (χ1n) is 8.38. The molecular weight excluding hydrogens is 252 g/mol. The van der Waals surface area contributed by atoms with E-state index in [1.165, 1.54) is 52.1 Å². The van der Waals surface area contributed by atoms with Crippen molar-refractivity contribution in [3.8, 4) is 0 Å². The molecule has 1 aliphatic heterocycles. The lowest BCUT2D eigenvalue weighted by Crippen LogP contribution is -2.33. The van der Waals surface area contributed by atoms with Gasteiger partial charge >= 0.3 is 5.97 Å². The Morgan fingerprint density at radius 3 is 1.85 bits per heavy atom. The summed E-state index contributed by atoms with van der Waals surface area (Å²) in [5.74, 6) is 0.0954. The van der Waals surface area contributed by atoms with Crippen LogP contribution in [0, 0.1) is 5.92 Å². The Morgan fingerprint density at radius 1 is 0.800 bits per heavy atom. The summed E-state index contributed by atoms with van der Waals surface area (Å²) >= 11 is 0. The van der Waals surface area contributed by atoms with E-state index >= 15 is 0 Å². The van der Waals surface area contributed by atoms with Crippen LogP contribution in [-0.2, 0) is 9.53 Å². The zero-order valence-corrected chi connectivity index (χ0v) is 13.1. The highest BCUT2D eigenvalue weighted by Gasteiger charge is 2.18. The molecule has 4 nitrogen and oxygen atoms in total. The molecular formula is C16H32N2O2. The van der Waals surface area contributed by atoms with Crippen molar-refractivity contribution in [2.75, 3.05) is 20.2 Å². The highest BCUT2D eigenvalue weighted by Crippen LogP contribution is 2.19. The SMILES string of the molecule is COC(=O)C1CCCCCCCCCNNCCCC1. The first kappa shape index (κ1) is 17.4. The van der Waals surface area contributed by atoms with Gasteiger partial charge in [0.1, 0.15) is 0 Å². The lowest BCUT2D eigenvalue weighted by molar-refractivity contribution is -0.146. The van der Waals surface area contributed by atoms with Crippen LogP contribution in [0.1, 0.15) is 70.6 Å². The summed E-state index contributed by atoms with van der Waals surface area (Å²) in [6.07, 6.45) is 13.1. The maximum Gasteiger partial charge on any atom is 0.308 e. The molecule has 20 heavy (non-hydrogen) atoms. The Bertz CT molecular complexity index is 231. The van der Waals surface area contributed by atoms with E-state index in [9.17, 15) is 4.79 Å². The fourth-order valence-electron chi connectivity index (χ4n) is 2.82. The van der Waals surface area contributed by atoms with E-state index in [4.69, 9.17) is 4.74 Å². The second kappa shape index (κ2) is 12.2. The van der Waals surface area contributed by atoms with Gasteiger partial charge in [-0.15, -0.1) is 0 Å². The van der Waals surface area contributed by atoms with Crippen molar-refractivity contribution in [3.63, 3.8) is 0 Å². The Labute approximate surface area is 124 Å². The van der Waals surface area contributed by atoms with Crippen LogP contribution in [0.15, 0.2) is 0 Å². The zero-order chi connectivity index (χ0) is 14.5. The molecule has 2 N–H and O–H groups in total. The molecule has 0 aromatic carbocycles. The third-order valence-corrected chi connectivity index (χ3v) is 4.12. The number of hydrogen-bond donors (Lipinski definition) is 2. The quantitative estimate of drug-likeness (QED) is 0.726. The summed E-state index contributed by atoms with van der Waals surface area (Å²) in [5, 5.41) is 0. The van der Waals surface area contributed by atoms with Gasteiger partial charge in [-0.2, -0.15) is 0 Å². The van der Waals surface area contributed by atoms with Crippen molar-refractivity contribution in [3.05, 3.63) is 0 Å². The zero-order valence-electron chi connectivity index (χ0n) is 13.1. The fourth-order valence-corrected chi connectivity index (χ4v) is 2.82. The summed E-state index contributed by atoms with van der Waals surface area (Å²) in [5.41, 5.74) is 6.53. The smallest absolute Gasteiger partial charge is 0.308 e. The highest BCUT2D eigenvalue weighted by atomic mass is 16.5. The van der Waals surface area contributed by atoms with E-state index in [2.05, 4.69) is 10.9 Å². The van der Waals surface area contributed by atoms with Crippen molar-refractivity contribution >= 4 is 5.97 Å².